The van der Waals surface area contributed by atoms with E-state index in [4.69, 9.17) is 4.74 Å². The van der Waals surface area contributed by atoms with Crippen LogP contribution in [0.5, 0.6) is 0 Å². The highest BCUT2D eigenvalue weighted by Crippen LogP contribution is 2.07. The summed E-state index contributed by atoms with van der Waals surface area (Å²) in [7, 11) is 0. The average molecular weight is 245 g/mol. The molecule has 0 aliphatic carbocycles. The minimum Gasteiger partial charge on any atom is -0.389 e. The van der Waals surface area contributed by atoms with Crippen molar-refractivity contribution >= 4 is 0 Å². The van der Waals surface area contributed by atoms with Crippen LogP contribution in [0.1, 0.15) is 53.9 Å². The molecule has 17 heavy (non-hydrogen) atoms. The molecule has 0 heterocycles. The maximum atomic E-state index is 9.95. The standard InChI is InChI=1S/C14H31NO2/c1-6-8-9-15(13(5)7-2)10-14(16)11-17-12(3)4/h12-14,16H,6-11H2,1-5H3/t13-,14+/m1/s1. The molecule has 0 aromatic carbocycles. The predicted octanol–water partition coefficient (Wildman–Crippen LogP) is 2.67. The summed E-state index contributed by atoms with van der Waals surface area (Å²) in [5, 5.41) is 9.95. The Bertz CT molecular complexity index is 174. The Morgan fingerprint density at radius 2 is 1.82 bits per heavy atom. The Labute approximate surface area is 107 Å². The van der Waals surface area contributed by atoms with Crippen LogP contribution in [0.15, 0.2) is 0 Å². The zero-order valence-electron chi connectivity index (χ0n) is 12.3. The van der Waals surface area contributed by atoms with Gasteiger partial charge in [0.15, 0.2) is 0 Å². The Hall–Kier alpha value is -0.120. The molecule has 1 N–H and O–H groups in total. The van der Waals surface area contributed by atoms with Gasteiger partial charge in [0.2, 0.25) is 0 Å². The first-order valence-electron chi connectivity index (χ1n) is 7.04. The largest absolute Gasteiger partial charge is 0.389 e. The molecule has 3 heteroatoms. The van der Waals surface area contributed by atoms with Crippen LogP contribution in [0, 0.1) is 0 Å². The Morgan fingerprint density at radius 1 is 1.18 bits per heavy atom. The first-order chi connectivity index (χ1) is 8.01. The van der Waals surface area contributed by atoms with E-state index in [2.05, 4.69) is 25.7 Å². The zero-order chi connectivity index (χ0) is 13.3. The van der Waals surface area contributed by atoms with E-state index < -0.39 is 0 Å². The molecule has 0 aromatic rings. The number of ether oxygens (including phenoxy) is 1. The van der Waals surface area contributed by atoms with Crippen molar-refractivity contribution in [3.05, 3.63) is 0 Å². The molecule has 0 saturated carbocycles. The van der Waals surface area contributed by atoms with Gasteiger partial charge in [0, 0.05) is 12.6 Å². The summed E-state index contributed by atoms with van der Waals surface area (Å²) in [4.78, 5) is 2.37. The first-order valence-corrected chi connectivity index (χ1v) is 7.04. The third kappa shape index (κ3) is 8.58. The van der Waals surface area contributed by atoms with Crippen LogP contribution < -0.4 is 0 Å². The molecule has 0 radical (unpaired) electrons. The minimum atomic E-state index is -0.372. The highest BCUT2D eigenvalue weighted by Gasteiger charge is 2.16. The minimum absolute atomic E-state index is 0.192. The van der Waals surface area contributed by atoms with Crippen molar-refractivity contribution < 1.29 is 9.84 Å². The number of aliphatic hydroxyl groups excluding tert-OH is 1. The lowest BCUT2D eigenvalue weighted by Gasteiger charge is -2.30. The van der Waals surface area contributed by atoms with Crippen molar-refractivity contribution in [3.63, 3.8) is 0 Å². The Balaban J connectivity index is 4.03. The van der Waals surface area contributed by atoms with Crippen LogP contribution in [-0.2, 0) is 4.74 Å². The van der Waals surface area contributed by atoms with E-state index in [1.165, 1.54) is 12.8 Å². The van der Waals surface area contributed by atoms with Crippen molar-refractivity contribution in [2.24, 2.45) is 0 Å². The fraction of sp³-hybridized carbons (Fsp3) is 1.00. The summed E-state index contributed by atoms with van der Waals surface area (Å²) < 4.78 is 5.45. The second-order valence-electron chi connectivity index (χ2n) is 5.14. The summed E-state index contributed by atoms with van der Waals surface area (Å²) >= 11 is 0. The maximum Gasteiger partial charge on any atom is 0.0900 e. The van der Waals surface area contributed by atoms with Crippen molar-refractivity contribution in [2.45, 2.75) is 72.1 Å². The lowest BCUT2D eigenvalue weighted by Crippen LogP contribution is -2.41. The number of unbranched alkanes of at least 4 members (excludes halogenated alkanes) is 1. The highest BCUT2D eigenvalue weighted by molar-refractivity contribution is 4.70. The van der Waals surface area contributed by atoms with Gasteiger partial charge < -0.3 is 9.84 Å². The van der Waals surface area contributed by atoms with E-state index in [0.29, 0.717) is 12.6 Å². The van der Waals surface area contributed by atoms with Crippen LogP contribution in [0.2, 0.25) is 0 Å². The fourth-order valence-corrected chi connectivity index (χ4v) is 1.74. The molecule has 0 aromatic heterocycles. The number of hydrogen-bond donors (Lipinski definition) is 1. The van der Waals surface area contributed by atoms with Crippen molar-refractivity contribution in [1.29, 1.82) is 0 Å². The molecule has 0 saturated heterocycles. The van der Waals surface area contributed by atoms with Gasteiger partial charge in [0.25, 0.3) is 0 Å². The average Bonchev–Trinajstić information content (AvgIpc) is 2.30. The number of hydrogen-bond acceptors (Lipinski definition) is 3. The van der Waals surface area contributed by atoms with Gasteiger partial charge in [-0.15, -0.1) is 0 Å². The number of rotatable bonds is 10. The molecule has 3 nitrogen and oxygen atoms in total. The van der Waals surface area contributed by atoms with Crippen LogP contribution in [0.4, 0.5) is 0 Å². The van der Waals surface area contributed by atoms with Gasteiger partial charge in [-0.25, -0.2) is 0 Å². The summed E-state index contributed by atoms with van der Waals surface area (Å²) in [6, 6.07) is 0.537. The molecule has 0 unspecified atom stereocenters. The van der Waals surface area contributed by atoms with Gasteiger partial charge in [-0.2, -0.15) is 0 Å². The second-order valence-corrected chi connectivity index (χ2v) is 5.14. The quantitative estimate of drug-likeness (QED) is 0.642. The smallest absolute Gasteiger partial charge is 0.0900 e. The fourth-order valence-electron chi connectivity index (χ4n) is 1.74. The summed E-state index contributed by atoms with van der Waals surface area (Å²) in [6.07, 6.45) is 3.34. The Kier molecular flexibility index (Phi) is 9.79. The molecular weight excluding hydrogens is 214 g/mol. The van der Waals surface area contributed by atoms with Gasteiger partial charge in [-0.05, 0) is 40.2 Å². The van der Waals surface area contributed by atoms with Crippen molar-refractivity contribution in [3.8, 4) is 0 Å². The third-order valence-corrected chi connectivity index (χ3v) is 3.08. The monoisotopic (exact) mass is 245 g/mol. The van der Waals surface area contributed by atoms with E-state index in [9.17, 15) is 5.11 Å². The molecule has 104 valence electrons. The van der Waals surface area contributed by atoms with Crippen LogP contribution >= 0.6 is 0 Å². The van der Waals surface area contributed by atoms with Gasteiger partial charge in [-0.1, -0.05) is 20.3 Å². The van der Waals surface area contributed by atoms with Gasteiger partial charge >= 0.3 is 0 Å². The number of aliphatic hydroxyl groups is 1. The summed E-state index contributed by atoms with van der Waals surface area (Å²) in [6.45, 7) is 12.9. The lowest BCUT2D eigenvalue weighted by atomic mass is 10.1. The second kappa shape index (κ2) is 9.86. The topological polar surface area (TPSA) is 32.7 Å². The molecule has 0 rings (SSSR count). The first kappa shape index (κ1) is 16.9. The van der Waals surface area contributed by atoms with E-state index in [-0.39, 0.29) is 12.2 Å². The summed E-state index contributed by atoms with van der Waals surface area (Å²) in [5.74, 6) is 0. The van der Waals surface area contributed by atoms with Gasteiger partial charge in [0.1, 0.15) is 0 Å². The van der Waals surface area contributed by atoms with E-state index in [1.807, 2.05) is 13.8 Å². The van der Waals surface area contributed by atoms with Gasteiger partial charge in [-0.3, -0.25) is 4.90 Å². The van der Waals surface area contributed by atoms with E-state index in [1.54, 1.807) is 0 Å². The zero-order valence-corrected chi connectivity index (χ0v) is 12.3. The molecule has 0 amide bonds. The lowest BCUT2D eigenvalue weighted by molar-refractivity contribution is -0.0136. The highest BCUT2D eigenvalue weighted by atomic mass is 16.5. The molecule has 2 atom stereocenters. The Morgan fingerprint density at radius 3 is 2.29 bits per heavy atom. The molecule has 0 bridgehead atoms. The molecular formula is C14H31NO2. The summed E-state index contributed by atoms with van der Waals surface area (Å²) in [5.41, 5.74) is 0. The molecule has 0 aliphatic heterocycles. The normalized spacial score (nSPS) is 15.5. The molecule has 0 aliphatic rings. The SMILES string of the molecule is CCCCN(C[C@H](O)COC(C)C)[C@H](C)CC. The number of nitrogens with zero attached hydrogens (tertiary/aromatic N) is 1. The van der Waals surface area contributed by atoms with Crippen LogP contribution in [0.3, 0.4) is 0 Å². The molecule has 0 fully saturated rings. The van der Waals surface area contributed by atoms with Crippen molar-refractivity contribution in [2.75, 3.05) is 19.7 Å². The van der Waals surface area contributed by atoms with Crippen LogP contribution in [0.25, 0.3) is 0 Å². The van der Waals surface area contributed by atoms with E-state index >= 15 is 0 Å². The van der Waals surface area contributed by atoms with Gasteiger partial charge in [0.05, 0.1) is 18.8 Å². The van der Waals surface area contributed by atoms with Crippen molar-refractivity contribution in [1.82, 2.24) is 4.90 Å². The molecule has 0 spiro atoms. The third-order valence-electron chi connectivity index (χ3n) is 3.08. The van der Waals surface area contributed by atoms with Crippen LogP contribution in [-0.4, -0.2) is 48.0 Å². The van der Waals surface area contributed by atoms with E-state index in [0.717, 1.165) is 19.5 Å². The predicted molar refractivity (Wildman–Crippen MR) is 73.3 cm³/mol. The maximum absolute atomic E-state index is 9.95.